The molecule has 0 spiro atoms. The van der Waals surface area contributed by atoms with Crippen molar-refractivity contribution in [2.24, 2.45) is 11.7 Å². The van der Waals surface area contributed by atoms with Crippen molar-refractivity contribution < 1.29 is 4.79 Å². The van der Waals surface area contributed by atoms with Crippen molar-refractivity contribution in [2.75, 3.05) is 5.75 Å². The quantitative estimate of drug-likeness (QED) is 0.858. The van der Waals surface area contributed by atoms with E-state index in [1.165, 1.54) is 10.5 Å². The minimum absolute atomic E-state index is 0.213. The number of hydrogen-bond acceptors (Lipinski definition) is 3. The third kappa shape index (κ3) is 2.64. The van der Waals surface area contributed by atoms with E-state index >= 15 is 0 Å². The Labute approximate surface area is 106 Å². The fraction of sp³-hybridized carbons (Fsp3) is 0.462. The number of fused-ring (bicyclic) bond motifs is 1. The van der Waals surface area contributed by atoms with Gasteiger partial charge in [0.25, 0.3) is 0 Å². The van der Waals surface area contributed by atoms with Crippen molar-refractivity contribution in [1.29, 1.82) is 0 Å². The molecule has 2 rings (SSSR count). The van der Waals surface area contributed by atoms with Crippen LogP contribution in [0.15, 0.2) is 29.2 Å². The number of thioether (sulfide) groups is 1. The summed E-state index contributed by atoms with van der Waals surface area (Å²) >= 11 is 1.83. The van der Waals surface area contributed by atoms with Crippen LogP contribution < -0.4 is 11.1 Å². The van der Waals surface area contributed by atoms with Gasteiger partial charge < -0.3 is 5.73 Å². The molecule has 0 saturated carbocycles. The average Bonchev–Trinajstić information content (AvgIpc) is 2.68. The van der Waals surface area contributed by atoms with Gasteiger partial charge in [-0.1, -0.05) is 32.0 Å². The van der Waals surface area contributed by atoms with Crippen molar-refractivity contribution in [3.8, 4) is 0 Å². The minimum Gasteiger partial charge on any atom is -0.368 e. The molecule has 1 amide bonds. The van der Waals surface area contributed by atoms with E-state index in [1.54, 1.807) is 0 Å². The average molecular weight is 250 g/mol. The van der Waals surface area contributed by atoms with Crippen LogP contribution in [0.2, 0.25) is 0 Å². The molecule has 92 valence electrons. The first-order chi connectivity index (χ1) is 8.09. The van der Waals surface area contributed by atoms with Crippen LogP contribution >= 0.6 is 11.8 Å². The molecule has 2 atom stereocenters. The molecule has 1 aliphatic rings. The van der Waals surface area contributed by atoms with Crippen molar-refractivity contribution in [3.05, 3.63) is 29.8 Å². The second kappa shape index (κ2) is 5.10. The van der Waals surface area contributed by atoms with Gasteiger partial charge in [0.05, 0.1) is 6.04 Å². The van der Waals surface area contributed by atoms with E-state index in [0.717, 1.165) is 5.75 Å². The highest BCUT2D eigenvalue weighted by molar-refractivity contribution is 7.99. The Kier molecular flexibility index (Phi) is 3.74. The van der Waals surface area contributed by atoms with E-state index in [2.05, 4.69) is 17.4 Å². The summed E-state index contributed by atoms with van der Waals surface area (Å²) in [6.45, 7) is 4.02. The van der Waals surface area contributed by atoms with Gasteiger partial charge in [-0.3, -0.25) is 10.1 Å². The lowest BCUT2D eigenvalue weighted by molar-refractivity contribution is -0.121. The van der Waals surface area contributed by atoms with Crippen LogP contribution in [0.3, 0.4) is 0 Å². The van der Waals surface area contributed by atoms with Gasteiger partial charge in [-0.2, -0.15) is 0 Å². The molecule has 1 heterocycles. The predicted molar refractivity (Wildman–Crippen MR) is 70.9 cm³/mol. The maximum Gasteiger partial charge on any atom is 0.234 e. The second-order valence-electron chi connectivity index (χ2n) is 4.69. The van der Waals surface area contributed by atoms with Gasteiger partial charge in [0, 0.05) is 16.7 Å². The third-order valence-corrected chi connectivity index (χ3v) is 4.24. The number of hydrogen-bond donors (Lipinski definition) is 2. The predicted octanol–water partition coefficient (Wildman–Crippen LogP) is 1.93. The Morgan fingerprint density at radius 1 is 1.47 bits per heavy atom. The Morgan fingerprint density at radius 3 is 2.82 bits per heavy atom. The molecule has 0 saturated heterocycles. The molecule has 1 aliphatic heterocycles. The summed E-state index contributed by atoms with van der Waals surface area (Å²) in [5, 5.41) is 3.38. The zero-order valence-electron chi connectivity index (χ0n) is 10.1. The van der Waals surface area contributed by atoms with Gasteiger partial charge in [0.15, 0.2) is 0 Å². The third-order valence-electron chi connectivity index (χ3n) is 3.05. The van der Waals surface area contributed by atoms with Gasteiger partial charge >= 0.3 is 0 Å². The lowest BCUT2D eigenvalue weighted by Crippen LogP contribution is -2.46. The lowest BCUT2D eigenvalue weighted by Gasteiger charge is -2.23. The zero-order chi connectivity index (χ0) is 12.4. The molecule has 1 aromatic carbocycles. The Hall–Kier alpha value is -1.00. The molecule has 0 radical (unpaired) electrons. The molecule has 0 aliphatic carbocycles. The molecular formula is C13H18N2OS. The van der Waals surface area contributed by atoms with Gasteiger partial charge in [-0.15, -0.1) is 11.8 Å². The normalized spacial score (nSPS) is 20.3. The number of nitrogens with one attached hydrogen (secondary N) is 1. The Balaban J connectivity index is 2.13. The smallest absolute Gasteiger partial charge is 0.234 e. The standard InChI is InChI=1S/C13H18N2OS/c1-8(2)12(13(14)16)15-10-7-17-11-6-4-3-5-9(10)11/h3-6,8,10,12,15H,7H2,1-2H3,(H2,14,16). The molecule has 1 aromatic rings. The summed E-state index contributed by atoms with van der Waals surface area (Å²) in [7, 11) is 0. The van der Waals surface area contributed by atoms with E-state index < -0.39 is 0 Å². The number of primary amides is 1. The molecule has 0 fully saturated rings. The van der Waals surface area contributed by atoms with E-state index in [0.29, 0.717) is 0 Å². The monoisotopic (exact) mass is 250 g/mol. The van der Waals surface area contributed by atoms with Gasteiger partial charge in [-0.25, -0.2) is 0 Å². The Bertz CT molecular complexity index is 420. The van der Waals surface area contributed by atoms with Gasteiger partial charge in [0.2, 0.25) is 5.91 Å². The maximum absolute atomic E-state index is 11.4. The van der Waals surface area contributed by atoms with E-state index in [4.69, 9.17) is 5.73 Å². The van der Waals surface area contributed by atoms with Crippen LogP contribution in [0.5, 0.6) is 0 Å². The van der Waals surface area contributed by atoms with Crippen molar-refractivity contribution in [3.63, 3.8) is 0 Å². The number of carbonyl (C=O) groups is 1. The number of nitrogens with two attached hydrogens (primary N) is 1. The minimum atomic E-state index is -0.269. The summed E-state index contributed by atoms with van der Waals surface area (Å²) < 4.78 is 0. The molecule has 0 aromatic heterocycles. The van der Waals surface area contributed by atoms with Crippen molar-refractivity contribution >= 4 is 17.7 Å². The fourth-order valence-electron chi connectivity index (χ4n) is 2.12. The topological polar surface area (TPSA) is 55.1 Å². The molecule has 0 bridgehead atoms. The van der Waals surface area contributed by atoms with E-state index in [-0.39, 0.29) is 23.9 Å². The number of carbonyl (C=O) groups excluding carboxylic acids is 1. The summed E-state index contributed by atoms with van der Waals surface area (Å²) in [4.78, 5) is 12.7. The first-order valence-corrected chi connectivity index (χ1v) is 6.85. The summed E-state index contributed by atoms with van der Waals surface area (Å²) in [6, 6.07) is 8.29. The molecule has 17 heavy (non-hydrogen) atoms. The first kappa shape index (κ1) is 12.5. The second-order valence-corrected chi connectivity index (χ2v) is 5.75. The van der Waals surface area contributed by atoms with E-state index in [1.807, 2.05) is 37.7 Å². The van der Waals surface area contributed by atoms with Crippen molar-refractivity contribution in [2.45, 2.75) is 30.8 Å². The summed E-state index contributed by atoms with van der Waals surface area (Å²) in [5.41, 5.74) is 6.71. The van der Waals surface area contributed by atoms with Crippen LogP contribution in [0.4, 0.5) is 0 Å². The number of benzene rings is 1. The highest BCUT2D eigenvalue weighted by Crippen LogP contribution is 2.38. The summed E-state index contributed by atoms with van der Waals surface area (Å²) in [6.07, 6.45) is 0. The van der Waals surface area contributed by atoms with Crippen LogP contribution in [0.25, 0.3) is 0 Å². The number of amides is 1. The van der Waals surface area contributed by atoms with Gasteiger partial charge in [-0.05, 0) is 17.5 Å². The Morgan fingerprint density at radius 2 is 2.18 bits per heavy atom. The summed E-state index contributed by atoms with van der Waals surface area (Å²) in [5.74, 6) is 0.912. The first-order valence-electron chi connectivity index (χ1n) is 5.86. The van der Waals surface area contributed by atoms with Gasteiger partial charge in [0.1, 0.15) is 0 Å². The molecule has 4 heteroatoms. The van der Waals surface area contributed by atoms with Crippen LogP contribution in [0.1, 0.15) is 25.5 Å². The van der Waals surface area contributed by atoms with Crippen LogP contribution in [0, 0.1) is 5.92 Å². The molecule has 3 N–H and O–H groups in total. The van der Waals surface area contributed by atoms with Crippen LogP contribution in [-0.4, -0.2) is 17.7 Å². The number of rotatable bonds is 4. The van der Waals surface area contributed by atoms with Crippen LogP contribution in [-0.2, 0) is 4.79 Å². The molecule has 3 nitrogen and oxygen atoms in total. The zero-order valence-corrected chi connectivity index (χ0v) is 11.0. The highest BCUT2D eigenvalue weighted by atomic mass is 32.2. The van der Waals surface area contributed by atoms with E-state index in [9.17, 15) is 4.79 Å². The maximum atomic E-state index is 11.4. The molecular weight excluding hydrogens is 232 g/mol. The van der Waals surface area contributed by atoms with Crippen molar-refractivity contribution in [1.82, 2.24) is 5.32 Å². The highest BCUT2D eigenvalue weighted by Gasteiger charge is 2.28. The fourth-order valence-corrected chi connectivity index (χ4v) is 3.29. The SMILES string of the molecule is CC(C)C(NC1CSc2ccccc21)C(N)=O. The largest absolute Gasteiger partial charge is 0.368 e. The molecule has 2 unspecified atom stereocenters. The lowest BCUT2D eigenvalue weighted by atomic mass is 10.0.